The molecule has 4 rings (SSSR count). The van der Waals surface area contributed by atoms with Gasteiger partial charge in [0.2, 0.25) is 0 Å². The molecule has 0 saturated heterocycles. The number of fused-ring (bicyclic) bond motifs is 3. The Morgan fingerprint density at radius 1 is 0.882 bits per heavy atom. The monoisotopic (exact) mass is 594 g/mol. The minimum atomic E-state index is -0.826. The van der Waals surface area contributed by atoms with Crippen LogP contribution in [0.5, 0.6) is 0 Å². The maximum atomic E-state index is 11.1. The molecule has 2 aliphatic carbocycles. The Bertz CT molecular complexity index is 748. The van der Waals surface area contributed by atoms with Gasteiger partial charge in [0.05, 0.1) is 5.91 Å². The van der Waals surface area contributed by atoms with Crippen molar-refractivity contribution in [3.8, 4) is 11.1 Å². The summed E-state index contributed by atoms with van der Waals surface area (Å²) in [6, 6.07) is 18.1. The van der Waals surface area contributed by atoms with Gasteiger partial charge in [-0.2, -0.15) is 29.8 Å². The molecule has 0 aromatic heterocycles. The maximum Gasteiger partial charge on any atom is 0.0519 e. The second kappa shape index (κ2) is 20.7. The standard InChI is InChI=1S/C13H25NO.C13H9.C2H7Si.2ClH.Zr/c14-13(15)12-10-8-6-4-2-1-3-5-7-9-11-12;1-3-7-12-10(5-1)9-11-6-2-4-8-13(11)12;1-3-2;;;/h12H,1-11H2,(H2,14,15);1-5,7-8H,9H2;3H,1-2H3;2*1H;/q;-1;;;;+4/p-3. The van der Waals surface area contributed by atoms with Crippen LogP contribution in [0.4, 0.5) is 0 Å². The molecule has 0 atom stereocenters. The maximum absolute atomic E-state index is 11.1. The molecule has 0 bridgehead atoms. The fraction of sp³-hybridized carbons (Fsp3) is 0.536. The summed E-state index contributed by atoms with van der Waals surface area (Å²) in [7, 11) is 10.6. The average Bonchev–Trinajstić information content (AvgIpc) is 3.20. The van der Waals surface area contributed by atoms with Crippen molar-refractivity contribution in [3.05, 3.63) is 65.4 Å². The molecule has 0 spiro atoms. The molecule has 2 aromatic rings. The normalized spacial score (nSPS) is 15.5. The Kier molecular flexibility index (Phi) is 19.3. The zero-order chi connectivity index (χ0) is 25.0. The minimum absolute atomic E-state index is 0.0458. The van der Waals surface area contributed by atoms with Gasteiger partial charge in [-0.05, 0) is 19.3 Å². The average molecular weight is 597 g/mol. The molecule has 2 nitrogen and oxygen atoms in total. The molecule has 2 aliphatic rings. The van der Waals surface area contributed by atoms with Crippen molar-refractivity contribution < 1.29 is 25.6 Å². The summed E-state index contributed by atoms with van der Waals surface area (Å²) in [5.74, 6) is -0.281. The molecule has 2 aromatic carbocycles. The molecule has 185 valence electrons. The van der Waals surface area contributed by atoms with Crippen LogP contribution in [0.25, 0.3) is 16.9 Å². The largest absolute Gasteiger partial charge is 0.668 e. The van der Waals surface area contributed by atoms with Crippen molar-refractivity contribution in [1.82, 2.24) is 0 Å². The van der Waals surface area contributed by atoms with E-state index in [1.54, 1.807) is 0 Å². The zero-order valence-electron chi connectivity index (χ0n) is 20.8. The number of carbonyl (C=O) groups is 1. The summed E-state index contributed by atoms with van der Waals surface area (Å²) in [4.78, 5) is 11.1. The van der Waals surface area contributed by atoms with Crippen molar-refractivity contribution in [2.75, 3.05) is 0 Å². The third-order valence-electron chi connectivity index (χ3n) is 6.09. The van der Waals surface area contributed by atoms with Crippen LogP contribution in [0.2, 0.25) is 13.1 Å². The Balaban J connectivity index is 0.000000278. The third kappa shape index (κ3) is 13.1. The van der Waals surface area contributed by atoms with E-state index in [2.05, 4.69) is 55.6 Å². The third-order valence-corrected chi connectivity index (χ3v) is 6.09. The quantitative estimate of drug-likeness (QED) is 0.204. The van der Waals surface area contributed by atoms with E-state index in [0.717, 1.165) is 41.6 Å². The summed E-state index contributed by atoms with van der Waals surface area (Å²) in [5.41, 5.74) is 12.7. The van der Waals surface area contributed by atoms with E-state index in [9.17, 15) is 4.79 Å². The topological polar surface area (TPSA) is 40.9 Å². The van der Waals surface area contributed by atoms with Gasteiger partial charge in [-0.1, -0.05) is 106 Å². The summed E-state index contributed by atoms with van der Waals surface area (Å²) >= 11 is -0.826. The van der Waals surface area contributed by atoms with Crippen molar-refractivity contribution in [2.24, 2.45) is 5.92 Å². The van der Waals surface area contributed by atoms with Crippen LogP contribution in [0, 0.1) is 12.0 Å². The summed E-state index contributed by atoms with van der Waals surface area (Å²) in [6.07, 6.45) is 14.5. The van der Waals surface area contributed by atoms with Crippen molar-refractivity contribution in [1.29, 1.82) is 0 Å². The number of halogens is 2. The Morgan fingerprint density at radius 2 is 1.35 bits per heavy atom. The Hall–Kier alpha value is -0.410. The van der Waals surface area contributed by atoms with Gasteiger partial charge in [0, 0.05) is 15.4 Å². The molecule has 1 saturated carbocycles. The van der Waals surface area contributed by atoms with Crippen LogP contribution >= 0.6 is 17.0 Å². The van der Waals surface area contributed by atoms with Crippen molar-refractivity contribution >= 4 is 32.5 Å². The molecule has 1 N–H and O–H groups in total. The second-order valence-corrected chi connectivity index (χ2v) is 13.8. The van der Waals surface area contributed by atoms with Gasteiger partial charge in [0.25, 0.3) is 0 Å². The van der Waals surface area contributed by atoms with Gasteiger partial charge in [-0.15, -0.1) is 5.56 Å². The van der Waals surface area contributed by atoms with Gasteiger partial charge in [-0.25, -0.2) is 0 Å². The fourth-order valence-electron chi connectivity index (χ4n) is 4.42. The smallest absolute Gasteiger partial charge is 0.0519 e. The predicted molar refractivity (Wildman–Crippen MR) is 148 cm³/mol. The molecule has 6 heteroatoms. The Labute approximate surface area is 229 Å². The molecule has 0 aliphatic heterocycles. The van der Waals surface area contributed by atoms with E-state index in [0.29, 0.717) is 0 Å². The van der Waals surface area contributed by atoms with Gasteiger partial charge < -0.3 is 10.5 Å². The zero-order valence-corrected chi connectivity index (χ0v) is 26.0. The summed E-state index contributed by atoms with van der Waals surface area (Å²) in [6.45, 7) is 4.42. The summed E-state index contributed by atoms with van der Waals surface area (Å²) < 4.78 is 0. The first-order valence-corrected chi connectivity index (χ1v) is 21.3. The number of hydrogen-bond donors (Lipinski definition) is 0. The number of amides is 1. The number of rotatable bonds is 1. The van der Waals surface area contributed by atoms with E-state index in [1.807, 2.05) is 6.07 Å². The Morgan fingerprint density at radius 3 is 1.88 bits per heavy atom. The molecule has 1 fully saturated rings. The molecule has 0 heterocycles. The van der Waals surface area contributed by atoms with Crippen molar-refractivity contribution in [3.63, 3.8) is 0 Å². The predicted octanol–water partition coefficient (Wildman–Crippen LogP) is 9.44. The molecule has 0 unspecified atom stereocenters. The van der Waals surface area contributed by atoms with Gasteiger partial charge in [0.1, 0.15) is 0 Å². The fourth-order valence-corrected chi connectivity index (χ4v) is 4.42. The van der Waals surface area contributed by atoms with E-state index in [4.69, 9.17) is 22.8 Å². The van der Waals surface area contributed by atoms with Crippen molar-refractivity contribution in [2.45, 2.75) is 90.1 Å². The van der Waals surface area contributed by atoms with Crippen LogP contribution in [0.15, 0.2) is 42.5 Å². The van der Waals surface area contributed by atoms with Crippen LogP contribution < -0.4 is 0 Å². The van der Waals surface area contributed by atoms with Gasteiger partial charge >= 0.3 is 37.9 Å². The molecular weight excluding hydrogens is 557 g/mol. The van der Waals surface area contributed by atoms with E-state index in [-0.39, 0.29) is 11.8 Å². The first-order valence-electron chi connectivity index (χ1n) is 12.6. The van der Waals surface area contributed by atoms with Gasteiger partial charge in [-0.3, -0.25) is 0 Å². The SMILES string of the molecule is C[SiH]C.[Cl][Zr+2][Cl].[NH-]C(=O)C1CCCCCCCCCCC1.[c-]1cccc2c1Cc1ccccc1-2. The minimum Gasteiger partial charge on any atom is -0.668 e. The van der Waals surface area contributed by atoms with E-state index < -0.39 is 20.8 Å². The number of nitrogens with one attached hydrogen (secondary N) is 1. The first kappa shape index (κ1) is 31.6. The number of benzene rings is 2. The first-order chi connectivity index (χ1) is 16.6. The van der Waals surface area contributed by atoms with E-state index in [1.165, 1.54) is 67.2 Å². The molecule has 1 amide bonds. The van der Waals surface area contributed by atoms with Crippen LogP contribution in [-0.2, 0) is 32.1 Å². The molecule has 1 radical (unpaired) electrons. The van der Waals surface area contributed by atoms with Crippen LogP contribution in [0.1, 0.15) is 81.8 Å². The number of carbonyl (C=O) groups excluding carboxylic acids is 1. The second-order valence-electron chi connectivity index (χ2n) is 8.87. The molecule has 34 heavy (non-hydrogen) atoms. The molecular formula is C28H40Cl2NOSiZr. The number of hydrogen-bond acceptors (Lipinski definition) is 1. The van der Waals surface area contributed by atoms with Crippen LogP contribution in [-0.4, -0.2) is 15.4 Å². The van der Waals surface area contributed by atoms with Gasteiger partial charge in [0.15, 0.2) is 0 Å². The summed E-state index contributed by atoms with van der Waals surface area (Å²) in [5, 5.41) is 0. The van der Waals surface area contributed by atoms with E-state index >= 15 is 0 Å². The van der Waals surface area contributed by atoms with Crippen LogP contribution in [0.3, 0.4) is 0 Å².